The Labute approximate surface area is 152 Å². The van der Waals surface area contributed by atoms with Crippen LogP contribution in [0.2, 0.25) is 5.02 Å². The van der Waals surface area contributed by atoms with Crippen LogP contribution in [0.15, 0.2) is 54.7 Å². The van der Waals surface area contributed by atoms with Gasteiger partial charge in [0, 0.05) is 41.1 Å². The second kappa shape index (κ2) is 6.93. The fourth-order valence-electron chi connectivity index (χ4n) is 3.75. The van der Waals surface area contributed by atoms with E-state index in [-0.39, 0.29) is 5.91 Å². The number of hydrogen-bond acceptors (Lipinski definition) is 1. The zero-order valence-electron chi connectivity index (χ0n) is 14.0. The Morgan fingerprint density at radius 1 is 1.08 bits per heavy atom. The average Bonchev–Trinajstić information content (AvgIpc) is 2.91. The Kier molecular flexibility index (Phi) is 4.50. The number of carbonyl (C=O) groups is 1. The average molecular weight is 353 g/mol. The maximum Gasteiger partial charge on any atom is 0.256 e. The number of carbonyl (C=O) groups excluding carboxylic acids is 1. The van der Waals surface area contributed by atoms with Crippen molar-refractivity contribution in [3.05, 3.63) is 70.9 Å². The number of fused-ring (bicyclic) bond motifs is 1. The molecule has 0 spiro atoms. The summed E-state index contributed by atoms with van der Waals surface area (Å²) in [5.41, 5.74) is 3.05. The second-order valence-corrected chi connectivity index (χ2v) is 7.18. The Balaban J connectivity index is 1.60. The maximum absolute atomic E-state index is 13.1. The summed E-state index contributed by atoms with van der Waals surface area (Å²) < 4.78 is 0. The topological polar surface area (TPSA) is 36.1 Å². The SMILES string of the molecule is O=C(c1c[nH]c2ccccc12)N1CCCCC(c2ccc(Cl)cc2)C1. The number of aromatic nitrogens is 1. The van der Waals surface area contributed by atoms with E-state index in [4.69, 9.17) is 11.6 Å². The number of likely N-dealkylation sites (tertiary alicyclic amines) is 1. The smallest absolute Gasteiger partial charge is 0.256 e. The van der Waals surface area contributed by atoms with Gasteiger partial charge in [-0.3, -0.25) is 4.79 Å². The van der Waals surface area contributed by atoms with E-state index in [9.17, 15) is 4.79 Å². The van der Waals surface area contributed by atoms with Gasteiger partial charge < -0.3 is 9.88 Å². The molecule has 4 heteroatoms. The van der Waals surface area contributed by atoms with Crippen molar-refractivity contribution in [3.8, 4) is 0 Å². The number of nitrogens with zero attached hydrogens (tertiary/aromatic N) is 1. The molecule has 1 aromatic heterocycles. The molecule has 128 valence electrons. The van der Waals surface area contributed by atoms with Gasteiger partial charge in [0.25, 0.3) is 5.91 Å². The first-order chi connectivity index (χ1) is 12.2. The molecule has 3 aromatic rings. The van der Waals surface area contributed by atoms with E-state index in [1.807, 2.05) is 47.5 Å². The molecule has 1 aliphatic heterocycles. The number of rotatable bonds is 2. The van der Waals surface area contributed by atoms with Crippen LogP contribution in [0.3, 0.4) is 0 Å². The van der Waals surface area contributed by atoms with Crippen molar-refractivity contribution in [2.45, 2.75) is 25.2 Å². The summed E-state index contributed by atoms with van der Waals surface area (Å²) in [7, 11) is 0. The third-order valence-corrected chi connectivity index (χ3v) is 5.37. The van der Waals surface area contributed by atoms with Gasteiger partial charge in [0.05, 0.1) is 5.56 Å². The number of halogens is 1. The largest absolute Gasteiger partial charge is 0.360 e. The van der Waals surface area contributed by atoms with Crippen LogP contribution >= 0.6 is 11.6 Å². The highest BCUT2D eigenvalue weighted by Crippen LogP contribution is 2.29. The first-order valence-electron chi connectivity index (χ1n) is 8.83. The van der Waals surface area contributed by atoms with Crippen molar-refractivity contribution < 1.29 is 4.79 Å². The molecule has 1 fully saturated rings. The number of amides is 1. The predicted octanol–water partition coefficient (Wildman–Crippen LogP) is 5.23. The first kappa shape index (κ1) is 16.2. The molecule has 3 nitrogen and oxygen atoms in total. The molecule has 1 unspecified atom stereocenters. The molecule has 2 heterocycles. The maximum atomic E-state index is 13.1. The molecular formula is C21H21ClN2O. The van der Waals surface area contributed by atoms with E-state index in [1.165, 1.54) is 5.56 Å². The fourth-order valence-corrected chi connectivity index (χ4v) is 3.88. The van der Waals surface area contributed by atoms with Gasteiger partial charge in [-0.15, -0.1) is 0 Å². The molecule has 2 aromatic carbocycles. The van der Waals surface area contributed by atoms with Crippen LogP contribution in [-0.4, -0.2) is 28.9 Å². The first-order valence-corrected chi connectivity index (χ1v) is 9.21. The molecule has 1 saturated heterocycles. The van der Waals surface area contributed by atoms with Crippen molar-refractivity contribution in [3.63, 3.8) is 0 Å². The van der Waals surface area contributed by atoms with Gasteiger partial charge in [-0.2, -0.15) is 0 Å². The number of hydrogen-bond donors (Lipinski definition) is 1. The van der Waals surface area contributed by atoms with E-state index in [0.29, 0.717) is 5.92 Å². The molecule has 0 radical (unpaired) electrons. The molecule has 4 rings (SSSR count). The summed E-state index contributed by atoms with van der Waals surface area (Å²) in [4.78, 5) is 18.4. The molecular weight excluding hydrogens is 332 g/mol. The van der Waals surface area contributed by atoms with Crippen molar-refractivity contribution in [1.29, 1.82) is 0 Å². The minimum atomic E-state index is 0.123. The fraction of sp³-hybridized carbons (Fsp3) is 0.286. The van der Waals surface area contributed by atoms with Crippen molar-refractivity contribution in [2.75, 3.05) is 13.1 Å². The number of aromatic amines is 1. The lowest BCUT2D eigenvalue weighted by atomic mass is 9.94. The molecule has 0 aliphatic carbocycles. The van der Waals surface area contributed by atoms with E-state index in [1.54, 1.807) is 0 Å². The van der Waals surface area contributed by atoms with Crippen LogP contribution in [0.25, 0.3) is 10.9 Å². The van der Waals surface area contributed by atoms with Crippen LogP contribution < -0.4 is 0 Å². The van der Waals surface area contributed by atoms with Crippen molar-refractivity contribution in [2.24, 2.45) is 0 Å². The monoisotopic (exact) mass is 352 g/mol. The van der Waals surface area contributed by atoms with Gasteiger partial charge >= 0.3 is 0 Å². The lowest BCUT2D eigenvalue weighted by Gasteiger charge is -2.25. The Morgan fingerprint density at radius 3 is 2.72 bits per heavy atom. The van der Waals surface area contributed by atoms with Crippen molar-refractivity contribution in [1.82, 2.24) is 9.88 Å². The summed E-state index contributed by atoms with van der Waals surface area (Å²) >= 11 is 6.02. The Morgan fingerprint density at radius 2 is 1.88 bits per heavy atom. The summed E-state index contributed by atoms with van der Waals surface area (Å²) in [5, 5.41) is 1.75. The van der Waals surface area contributed by atoms with Gasteiger partial charge in [0.15, 0.2) is 0 Å². The third-order valence-electron chi connectivity index (χ3n) is 5.12. The van der Waals surface area contributed by atoms with Crippen LogP contribution in [-0.2, 0) is 0 Å². The minimum absolute atomic E-state index is 0.123. The summed E-state index contributed by atoms with van der Waals surface area (Å²) in [6.45, 7) is 1.59. The predicted molar refractivity (Wildman–Crippen MR) is 102 cm³/mol. The van der Waals surface area contributed by atoms with Gasteiger partial charge in [0.1, 0.15) is 0 Å². The van der Waals surface area contributed by atoms with Crippen LogP contribution in [0.4, 0.5) is 0 Å². The highest BCUT2D eigenvalue weighted by atomic mass is 35.5. The molecule has 1 aliphatic rings. The number of para-hydroxylation sites is 1. The summed E-state index contributed by atoms with van der Waals surface area (Å²) in [5.74, 6) is 0.493. The highest BCUT2D eigenvalue weighted by Gasteiger charge is 2.25. The second-order valence-electron chi connectivity index (χ2n) is 6.74. The Hall–Kier alpha value is -2.26. The van der Waals surface area contributed by atoms with Crippen LogP contribution in [0.1, 0.15) is 41.1 Å². The lowest BCUT2D eigenvalue weighted by molar-refractivity contribution is 0.0756. The van der Waals surface area contributed by atoms with E-state index < -0.39 is 0 Å². The summed E-state index contributed by atoms with van der Waals surface area (Å²) in [6.07, 6.45) is 5.15. The molecule has 0 saturated carbocycles. The van der Waals surface area contributed by atoms with Crippen LogP contribution in [0.5, 0.6) is 0 Å². The zero-order chi connectivity index (χ0) is 17.2. The normalized spacial score (nSPS) is 18.3. The van der Waals surface area contributed by atoms with Gasteiger partial charge in [-0.25, -0.2) is 0 Å². The molecule has 1 N–H and O–H groups in total. The van der Waals surface area contributed by atoms with Crippen LogP contribution in [0, 0.1) is 0 Å². The number of nitrogens with one attached hydrogen (secondary N) is 1. The number of benzene rings is 2. The highest BCUT2D eigenvalue weighted by molar-refractivity contribution is 6.30. The summed E-state index contributed by atoms with van der Waals surface area (Å²) in [6, 6.07) is 16.0. The molecule has 0 bridgehead atoms. The molecule has 25 heavy (non-hydrogen) atoms. The molecule has 1 amide bonds. The van der Waals surface area contributed by atoms with E-state index >= 15 is 0 Å². The number of H-pyrrole nitrogens is 1. The quantitative estimate of drug-likeness (QED) is 0.673. The third kappa shape index (κ3) is 3.29. The Bertz CT molecular complexity index is 884. The van der Waals surface area contributed by atoms with Gasteiger partial charge in [-0.05, 0) is 36.6 Å². The van der Waals surface area contributed by atoms with Gasteiger partial charge in [-0.1, -0.05) is 48.4 Å². The zero-order valence-corrected chi connectivity index (χ0v) is 14.8. The van der Waals surface area contributed by atoms with E-state index in [0.717, 1.165) is 53.8 Å². The van der Waals surface area contributed by atoms with Crippen molar-refractivity contribution >= 4 is 28.4 Å². The minimum Gasteiger partial charge on any atom is -0.360 e. The van der Waals surface area contributed by atoms with Gasteiger partial charge in [0.2, 0.25) is 0 Å². The molecule has 1 atom stereocenters. The lowest BCUT2D eigenvalue weighted by Crippen LogP contribution is -2.34. The standard InChI is InChI=1S/C21H21ClN2O/c22-17-10-8-15(9-11-17)16-5-3-4-12-24(14-16)21(25)19-13-23-20-7-2-1-6-18(19)20/h1-2,6-11,13,16,23H,3-5,12,14H2. The van der Waals surface area contributed by atoms with E-state index in [2.05, 4.69) is 17.1 Å².